The van der Waals surface area contributed by atoms with Crippen LogP contribution in [0, 0.1) is 12.3 Å². The van der Waals surface area contributed by atoms with Crippen molar-refractivity contribution in [1.82, 2.24) is 0 Å². The molecule has 0 radical (unpaired) electrons. The first-order chi connectivity index (χ1) is 4.83. The van der Waals surface area contributed by atoms with Crippen LogP contribution in [0.5, 0.6) is 0 Å². The van der Waals surface area contributed by atoms with Gasteiger partial charge in [0.15, 0.2) is 5.66 Å². The monoisotopic (exact) mass is 173 g/mol. The maximum absolute atomic E-state index is 5.35. The molecule has 0 saturated heterocycles. The number of hydrogen-bond acceptors (Lipinski definition) is 3. The van der Waals surface area contributed by atoms with Gasteiger partial charge < -0.3 is 5.73 Å². The summed E-state index contributed by atoms with van der Waals surface area (Å²) >= 11 is 0. The molecule has 1 aliphatic rings. The maximum Gasteiger partial charge on any atom is 0.193 e. The van der Waals surface area contributed by atoms with Crippen molar-refractivity contribution in [2.75, 3.05) is 6.54 Å². The molecule has 4 heteroatoms. The van der Waals surface area contributed by atoms with E-state index in [-0.39, 0.29) is 18.1 Å². The van der Waals surface area contributed by atoms with Crippen molar-refractivity contribution in [3.8, 4) is 12.3 Å². The van der Waals surface area contributed by atoms with Gasteiger partial charge in [0.05, 0.1) is 0 Å². The summed E-state index contributed by atoms with van der Waals surface area (Å²) in [5.41, 5.74) is 5.19. The molecule has 0 aromatic rings. The Morgan fingerprint density at radius 3 is 2.36 bits per heavy atom. The highest BCUT2D eigenvalue weighted by Crippen LogP contribution is 2.35. The van der Waals surface area contributed by atoms with Gasteiger partial charge in [-0.1, -0.05) is 0 Å². The molecule has 0 aromatic carbocycles. The van der Waals surface area contributed by atoms with Gasteiger partial charge in [0.25, 0.3) is 0 Å². The molecule has 0 atom stereocenters. The quantitative estimate of drug-likeness (QED) is 0.641. The van der Waals surface area contributed by atoms with Crippen LogP contribution in [-0.2, 0) is 0 Å². The Kier molecular flexibility index (Phi) is 4.09. The van der Waals surface area contributed by atoms with E-state index in [0.717, 1.165) is 19.3 Å². The Balaban J connectivity index is 0.000001000. The second kappa shape index (κ2) is 4.32. The largest absolute Gasteiger partial charge is 0.330 e. The molecule has 0 spiro atoms. The van der Waals surface area contributed by atoms with Crippen molar-refractivity contribution in [3.05, 3.63) is 0 Å². The van der Waals surface area contributed by atoms with Crippen LogP contribution >= 0.6 is 12.4 Å². The molecule has 0 saturated carbocycles. The van der Waals surface area contributed by atoms with Gasteiger partial charge in [-0.2, -0.15) is 10.2 Å². The van der Waals surface area contributed by atoms with Gasteiger partial charge >= 0.3 is 0 Å². The van der Waals surface area contributed by atoms with Gasteiger partial charge in [-0.3, -0.25) is 0 Å². The number of terminal acetylenes is 1. The summed E-state index contributed by atoms with van der Waals surface area (Å²) in [5, 5.41) is 7.82. The maximum atomic E-state index is 5.35. The smallest absolute Gasteiger partial charge is 0.193 e. The minimum Gasteiger partial charge on any atom is -0.330 e. The molecule has 62 valence electrons. The molecule has 0 aromatic heterocycles. The molecule has 2 N–H and O–H groups in total. The fourth-order valence-electron chi connectivity index (χ4n) is 0.899. The zero-order chi connectivity index (χ0) is 7.45. The normalized spacial score (nSPS) is 16.7. The van der Waals surface area contributed by atoms with Crippen molar-refractivity contribution < 1.29 is 0 Å². The lowest BCUT2D eigenvalue weighted by atomic mass is 10.1. The summed E-state index contributed by atoms with van der Waals surface area (Å²) < 4.78 is 0. The van der Waals surface area contributed by atoms with Crippen molar-refractivity contribution in [1.29, 1.82) is 0 Å². The molecular formula is C7H12ClN3. The zero-order valence-electron chi connectivity index (χ0n) is 6.29. The number of rotatable bonds is 4. The second-order valence-electron chi connectivity index (χ2n) is 2.43. The summed E-state index contributed by atoms with van der Waals surface area (Å²) in [6.07, 6.45) is 7.54. The Labute approximate surface area is 72.9 Å². The third kappa shape index (κ3) is 2.87. The molecule has 0 bridgehead atoms. The Bertz CT molecular complexity index is 177. The molecule has 1 heterocycles. The van der Waals surface area contributed by atoms with Gasteiger partial charge in [-0.15, -0.1) is 24.8 Å². The van der Waals surface area contributed by atoms with Crippen molar-refractivity contribution in [3.63, 3.8) is 0 Å². The molecule has 1 rings (SSSR count). The van der Waals surface area contributed by atoms with Gasteiger partial charge in [0, 0.05) is 19.3 Å². The Morgan fingerprint density at radius 1 is 1.36 bits per heavy atom. The highest BCUT2D eigenvalue weighted by Gasteiger charge is 2.37. The molecule has 0 fully saturated rings. The van der Waals surface area contributed by atoms with Crippen molar-refractivity contribution in [2.24, 2.45) is 16.0 Å². The lowest BCUT2D eigenvalue weighted by Crippen LogP contribution is -2.16. The van der Waals surface area contributed by atoms with Crippen molar-refractivity contribution in [2.45, 2.75) is 24.9 Å². The van der Waals surface area contributed by atoms with E-state index in [1.165, 1.54) is 0 Å². The van der Waals surface area contributed by atoms with E-state index in [4.69, 9.17) is 12.2 Å². The highest BCUT2D eigenvalue weighted by atomic mass is 35.5. The minimum atomic E-state index is -0.166. The van der Waals surface area contributed by atoms with Crippen LogP contribution in [0.4, 0.5) is 0 Å². The highest BCUT2D eigenvalue weighted by molar-refractivity contribution is 5.85. The predicted molar refractivity (Wildman–Crippen MR) is 46.6 cm³/mol. The lowest BCUT2D eigenvalue weighted by Gasteiger charge is -2.04. The van der Waals surface area contributed by atoms with Crippen LogP contribution in [-0.4, -0.2) is 12.2 Å². The summed E-state index contributed by atoms with van der Waals surface area (Å²) in [6.45, 7) is 0.636. The van der Waals surface area contributed by atoms with Gasteiger partial charge in [0.2, 0.25) is 0 Å². The molecule has 0 amide bonds. The van der Waals surface area contributed by atoms with E-state index in [0.29, 0.717) is 6.54 Å². The van der Waals surface area contributed by atoms with Crippen molar-refractivity contribution >= 4 is 12.4 Å². The van der Waals surface area contributed by atoms with E-state index < -0.39 is 0 Å². The molecular weight excluding hydrogens is 162 g/mol. The number of hydrogen-bond donors (Lipinski definition) is 1. The van der Waals surface area contributed by atoms with Crippen LogP contribution in [0.3, 0.4) is 0 Å². The standard InChI is InChI=1S/C7H11N3.ClH/c1-2-3-4-7(5-6-8)9-10-7;/h1H,3-6,8H2;1H. The topological polar surface area (TPSA) is 50.7 Å². The average Bonchev–Trinajstić information content (AvgIpc) is 2.67. The molecule has 11 heavy (non-hydrogen) atoms. The van der Waals surface area contributed by atoms with E-state index in [2.05, 4.69) is 16.1 Å². The fourth-order valence-corrected chi connectivity index (χ4v) is 0.899. The summed E-state index contributed by atoms with van der Waals surface area (Å²) in [6, 6.07) is 0. The van der Waals surface area contributed by atoms with Gasteiger partial charge in [-0.25, -0.2) is 0 Å². The zero-order valence-corrected chi connectivity index (χ0v) is 7.10. The van der Waals surface area contributed by atoms with E-state index in [9.17, 15) is 0 Å². The minimum absolute atomic E-state index is 0. The van der Waals surface area contributed by atoms with Crippen LogP contribution < -0.4 is 5.73 Å². The van der Waals surface area contributed by atoms with Gasteiger partial charge in [-0.05, 0) is 6.54 Å². The molecule has 3 nitrogen and oxygen atoms in total. The lowest BCUT2D eigenvalue weighted by molar-refractivity contribution is 0.521. The van der Waals surface area contributed by atoms with E-state index in [1.807, 2.05) is 0 Å². The molecule has 1 aliphatic heterocycles. The fraction of sp³-hybridized carbons (Fsp3) is 0.714. The first-order valence-corrected chi connectivity index (χ1v) is 3.40. The molecule has 0 aliphatic carbocycles. The summed E-state index contributed by atoms with van der Waals surface area (Å²) in [4.78, 5) is 0. The SMILES string of the molecule is C#CCCC1(CCN)N=N1.Cl. The average molecular weight is 174 g/mol. The van der Waals surface area contributed by atoms with Crippen LogP contribution in [0.1, 0.15) is 19.3 Å². The third-order valence-corrected chi connectivity index (χ3v) is 1.60. The number of nitrogens with two attached hydrogens (primary N) is 1. The Hall–Kier alpha value is -0.590. The number of halogens is 1. The van der Waals surface area contributed by atoms with E-state index >= 15 is 0 Å². The first-order valence-electron chi connectivity index (χ1n) is 3.40. The number of nitrogens with zero attached hydrogens (tertiary/aromatic N) is 2. The summed E-state index contributed by atoms with van der Waals surface area (Å²) in [7, 11) is 0. The van der Waals surface area contributed by atoms with Crippen LogP contribution in [0.2, 0.25) is 0 Å². The summed E-state index contributed by atoms with van der Waals surface area (Å²) in [5.74, 6) is 2.56. The van der Waals surface area contributed by atoms with Crippen LogP contribution in [0.25, 0.3) is 0 Å². The predicted octanol–water partition coefficient (Wildman–Crippen LogP) is 1.33. The van der Waals surface area contributed by atoms with E-state index in [1.54, 1.807) is 0 Å². The molecule has 0 unspecified atom stereocenters. The first kappa shape index (κ1) is 10.4. The third-order valence-electron chi connectivity index (χ3n) is 1.60. The Morgan fingerprint density at radius 2 is 2.00 bits per heavy atom. The van der Waals surface area contributed by atoms with Crippen LogP contribution in [0.15, 0.2) is 10.2 Å². The second-order valence-corrected chi connectivity index (χ2v) is 2.43. The van der Waals surface area contributed by atoms with Gasteiger partial charge in [0.1, 0.15) is 0 Å².